The van der Waals surface area contributed by atoms with Gasteiger partial charge in [-0.3, -0.25) is 0 Å². The average molecular weight is 238 g/mol. The summed E-state index contributed by atoms with van der Waals surface area (Å²) in [5.74, 6) is 0.920. The number of rotatable bonds is 2. The second-order valence-corrected chi connectivity index (χ2v) is 7.09. The summed E-state index contributed by atoms with van der Waals surface area (Å²) < 4.78 is 0. The van der Waals surface area contributed by atoms with Gasteiger partial charge in [-0.15, -0.1) is 0 Å². The van der Waals surface area contributed by atoms with E-state index < -0.39 is 0 Å². The molecular weight excluding hydrogens is 208 g/mol. The molecule has 1 unspecified atom stereocenters. The van der Waals surface area contributed by atoms with Crippen LogP contribution in [-0.4, -0.2) is 37.1 Å². The first-order valence-corrected chi connectivity index (χ1v) is 7.51. The highest BCUT2D eigenvalue weighted by Crippen LogP contribution is 2.34. The molecule has 1 N–H and O–H groups in total. The average Bonchev–Trinajstić information content (AvgIpc) is 2.61. The van der Waals surface area contributed by atoms with Crippen molar-refractivity contribution in [2.75, 3.05) is 26.2 Å². The zero-order valence-corrected chi connectivity index (χ0v) is 12.0. The third kappa shape index (κ3) is 3.96. The van der Waals surface area contributed by atoms with Gasteiger partial charge >= 0.3 is 0 Å². The summed E-state index contributed by atoms with van der Waals surface area (Å²) in [6, 6.07) is 0.779. The normalized spacial score (nSPS) is 32.6. The summed E-state index contributed by atoms with van der Waals surface area (Å²) in [6.07, 6.45) is 6.99. The molecule has 2 saturated heterocycles. The Morgan fingerprint density at radius 1 is 1.06 bits per heavy atom. The van der Waals surface area contributed by atoms with Crippen LogP contribution >= 0.6 is 0 Å². The topological polar surface area (TPSA) is 15.3 Å². The monoisotopic (exact) mass is 238 g/mol. The second kappa shape index (κ2) is 5.71. The van der Waals surface area contributed by atoms with Crippen molar-refractivity contribution in [3.63, 3.8) is 0 Å². The number of hydrogen-bond acceptors (Lipinski definition) is 2. The highest BCUT2D eigenvalue weighted by atomic mass is 15.2. The van der Waals surface area contributed by atoms with Crippen molar-refractivity contribution in [1.82, 2.24) is 10.2 Å². The fraction of sp³-hybridized carbons (Fsp3) is 1.00. The molecule has 2 rings (SSSR count). The van der Waals surface area contributed by atoms with Crippen molar-refractivity contribution >= 4 is 0 Å². The minimum absolute atomic E-state index is 0.502. The number of nitrogens with zero attached hydrogens (tertiary/aromatic N) is 1. The highest BCUT2D eigenvalue weighted by Gasteiger charge is 2.27. The largest absolute Gasteiger partial charge is 0.313 e. The first-order chi connectivity index (χ1) is 8.05. The van der Waals surface area contributed by atoms with Gasteiger partial charge in [0.15, 0.2) is 0 Å². The third-order valence-corrected chi connectivity index (χ3v) is 4.69. The van der Waals surface area contributed by atoms with Crippen molar-refractivity contribution in [3.05, 3.63) is 0 Å². The van der Waals surface area contributed by atoms with E-state index in [0.29, 0.717) is 5.41 Å². The fourth-order valence-electron chi connectivity index (χ4n) is 3.43. The second-order valence-electron chi connectivity index (χ2n) is 7.09. The summed E-state index contributed by atoms with van der Waals surface area (Å²) in [4.78, 5) is 2.70. The van der Waals surface area contributed by atoms with Gasteiger partial charge in [-0.25, -0.2) is 0 Å². The van der Waals surface area contributed by atoms with Crippen LogP contribution in [-0.2, 0) is 0 Å². The Bertz CT molecular complexity index is 226. The molecule has 2 fully saturated rings. The van der Waals surface area contributed by atoms with Gasteiger partial charge in [0.1, 0.15) is 0 Å². The van der Waals surface area contributed by atoms with Crippen molar-refractivity contribution in [3.8, 4) is 0 Å². The lowest BCUT2D eigenvalue weighted by molar-refractivity contribution is 0.204. The van der Waals surface area contributed by atoms with Crippen LogP contribution in [0.3, 0.4) is 0 Å². The summed E-state index contributed by atoms with van der Waals surface area (Å²) in [7, 11) is 0. The molecule has 0 aromatic heterocycles. The minimum Gasteiger partial charge on any atom is -0.313 e. The zero-order valence-electron chi connectivity index (χ0n) is 12.0. The van der Waals surface area contributed by atoms with E-state index >= 15 is 0 Å². The van der Waals surface area contributed by atoms with Crippen molar-refractivity contribution in [2.24, 2.45) is 11.3 Å². The van der Waals surface area contributed by atoms with Gasteiger partial charge in [0.05, 0.1) is 0 Å². The molecule has 0 radical (unpaired) electrons. The molecule has 0 bridgehead atoms. The van der Waals surface area contributed by atoms with E-state index in [1.807, 2.05) is 0 Å². The molecular formula is C15H30N2. The van der Waals surface area contributed by atoms with Crippen LogP contribution in [0.4, 0.5) is 0 Å². The predicted molar refractivity (Wildman–Crippen MR) is 74.3 cm³/mol. The van der Waals surface area contributed by atoms with Gasteiger partial charge in [0, 0.05) is 12.6 Å². The fourth-order valence-corrected chi connectivity index (χ4v) is 3.43. The first kappa shape index (κ1) is 13.4. The van der Waals surface area contributed by atoms with Crippen molar-refractivity contribution in [2.45, 2.75) is 58.9 Å². The standard InChI is InChI=1S/C15H30N2/c1-15(2,3)13-6-5-10-17(11-8-13)12-14-7-4-9-16-14/h13-14,16H,4-12H2,1-3H3/t13?,14-/m1/s1. The molecule has 0 amide bonds. The smallest absolute Gasteiger partial charge is 0.0195 e. The molecule has 0 aliphatic carbocycles. The Balaban J connectivity index is 1.79. The predicted octanol–water partition coefficient (Wildman–Crippen LogP) is 2.89. The molecule has 2 heterocycles. The quantitative estimate of drug-likeness (QED) is 0.796. The van der Waals surface area contributed by atoms with Crippen molar-refractivity contribution in [1.29, 1.82) is 0 Å². The van der Waals surface area contributed by atoms with Gasteiger partial charge in [-0.2, -0.15) is 0 Å². The van der Waals surface area contributed by atoms with Gasteiger partial charge in [0.25, 0.3) is 0 Å². The van der Waals surface area contributed by atoms with Crippen LogP contribution in [0.2, 0.25) is 0 Å². The highest BCUT2D eigenvalue weighted by molar-refractivity contribution is 4.82. The van der Waals surface area contributed by atoms with Crippen LogP contribution < -0.4 is 5.32 Å². The molecule has 2 nitrogen and oxygen atoms in total. The van der Waals surface area contributed by atoms with Gasteiger partial charge in [0.2, 0.25) is 0 Å². The van der Waals surface area contributed by atoms with E-state index in [0.717, 1.165) is 12.0 Å². The zero-order chi connectivity index (χ0) is 12.3. The molecule has 0 spiro atoms. The van der Waals surface area contributed by atoms with E-state index in [2.05, 4.69) is 31.0 Å². The van der Waals surface area contributed by atoms with E-state index in [4.69, 9.17) is 0 Å². The molecule has 0 aromatic carbocycles. The number of hydrogen-bond donors (Lipinski definition) is 1. The summed E-state index contributed by atoms with van der Waals surface area (Å²) in [5, 5.41) is 3.62. The van der Waals surface area contributed by atoms with Crippen LogP contribution in [0.25, 0.3) is 0 Å². The molecule has 100 valence electrons. The molecule has 2 aliphatic rings. The van der Waals surface area contributed by atoms with E-state index in [1.54, 1.807) is 0 Å². The van der Waals surface area contributed by atoms with E-state index in [9.17, 15) is 0 Å². The maximum Gasteiger partial charge on any atom is 0.0195 e. The Morgan fingerprint density at radius 3 is 2.53 bits per heavy atom. The Morgan fingerprint density at radius 2 is 1.88 bits per heavy atom. The number of nitrogens with one attached hydrogen (secondary N) is 1. The lowest BCUT2D eigenvalue weighted by atomic mass is 9.77. The van der Waals surface area contributed by atoms with Crippen LogP contribution in [0.1, 0.15) is 52.9 Å². The van der Waals surface area contributed by atoms with E-state index in [1.165, 1.54) is 58.3 Å². The molecule has 0 saturated carbocycles. The van der Waals surface area contributed by atoms with Gasteiger partial charge in [-0.1, -0.05) is 20.8 Å². The SMILES string of the molecule is CC(C)(C)C1CCCN(C[C@H]2CCCN2)CC1. The summed E-state index contributed by atoms with van der Waals surface area (Å²) in [6.45, 7) is 12.4. The third-order valence-electron chi connectivity index (χ3n) is 4.69. The van der Waals surface area contributed by atoms with Crippen molar-refractivity contribution < 1.29 is 0 Å². The molecule has 2 atom stereocenters. The maximum absolute atomic E-state index is 3.62. The minimum atomic E-state index is 0.502. The molecule has 2 heteroatoms. The van der Waals surface area contributed by atoms with E-state index in [-0.39, 0.29) is 0 Å². The van der Waals surface area contributed by atoms with Gasteiger partial charge < -0.3 is 10.2 Å². The van der Waals surface area contributed by atoms with Crippen LogP contribution in [0.5, 0.6) is 0 Å². The summed E-state index contributed by atoms with van der Waals surface area (Å²) in [5.41, 5.74) is 0.502. The summed E-state index contributed by atoms with van der Waals surface area (Å²) >= 11 is 0. The lowest BCUT2D eigenvalue weighted by Gasteiger charge is -2.30. The number of likely N-dealkylation sites (tertiary alicyclic amines) is 1. The Hall–Kier alpha value is -0.0800. The van der Waals surface area contributed by atoms with Crippen LogP contribution in [0, 0.1) is 11.3 Å². The van der Waals surface area contributed by atoms with Crippen LogP contribution in [0.15, 0.2) is 0 Å². The maximum atomic E-state index is 3.62. The molecule has 2 aliphatic heterocycles. The lowest BCUT2D eigenvalue weighted by Crippen LogP contribution is -2.38. The molecule has 17 heavy (non-hydrogen) atoms. The Labute approximate surface area is 107 Å². The Kier molecular flexibility index (Phi) is 4.48. The first-order valence-electron chi connectivity index (χ1n) is 7.51. The van der Waals surface area contributed by atoms with Gasteiger partial charge in [-0.05, 0) is 63.1 Å². The molecule has 0 aromatic rings.